The maximum atomic E-state index is 12.6. The van der Waals surface area contributed by atoms with Gasteiger partial charge >= 0.3 is 5.97 Å². The molecular formula is C16H22N2O3. The molecule has 1 atom stereocenters. The average molecular weight is 290 g/mol. The summed E-state index contributed by atoms with van der Waals surface area (Å²) in [6, 6.07) is 4.76. The van der Waals surface area contributed by atoms with Crippen molar-refractivity contribution in [3.63, 3.8) is 0 Å². The second-order valence-electron chi connectivity index (χ2n) is 5.75. The standard InChI is InChI=1S/C16H22N2O3/c1-3-6-16(7-8-17-10-16)15(21)18-13-5-4-12(14(19)20)9-11(13)2/h4-5,9,17H,3,6-8,10H2,1-2H3,(H,18,21)(H,19,20). The Morgan fingerprint density at radius 1 is 1.43 bits per heavy atom. The third-order valence-electron chi connectivity index (χ3n) is 4.18. The van der Waals surface area contributed by atoms with Gasteiger partial charge in [0.1, 0.15) is 0 Å². The summed E-state index contributed by atoms with van der Waals surface area (Å²) in [5.41, 5.74) is 1.34. The second-order valence-corrected chi connectivity index (χ2v) is 5.75. The fourth-order valence-electron chi connectivity index (χ4n) is 2.93. The molecule has 0 aliphatic carbocycles. The summed E-state index contributed by atoms with van der Waals surface area (Å²) in [5.74, 6) is -0.932. The van der Waals surface area contributed by atoms with Crippen molar-refractivity contribution in [1.82, 2.24) is 5.32 Å². The summed E-state index contributed by atoms with van der Waals surface area (Å²) in [6.45, 7) is 5.46. The van der Waals surface area contributed by atoms with E-state index in [1.807, 2.05) is 0 Å². The summed E-state index contributed by atoms with van der Waals surface area (Å²) in [5, 5.41) is 15.2. The van der Waals surface area contributed by atoms with Crippen LogP contribution in [0.15, 0.2) is 18.2 Å². The highest BCUT2D eigenvalue weighted by molar-refractivity contribution is 5.97. The van der Waals surface area contributed by atoms with Crippen LogP contribution in [-0.4, -0.2) is 30.1 Å². The minimum Gasteiger partial charge on any atom is -0.478 e. The summed E-state index contributed by atoms with van der Waals surface area (Å²) in [6.07, 6.45) is 2.67. The van der Waals surface area contributed by atoms with Gasteiger partial charge in [-0.05, 0) is 50.1 Å². The number of carboxylic acid groups (broad SMARTS) is 1. The highest BCUT2D eigenvalue weighted by Crippen LogP contribution is 2.33. The van der Waals surface area contributed by atoms with E-state index in [1.54, 1.807) is 19.1 Å². The largest absolute Gasteiger partial charge is 0.478 e. The minimum absolute atomic E-state index is 0.0283. The molecule has 1 aliphatic heterocycles. The summed E-state index contributed by atoms with van der Waals surface area (Å²) in [7, 11) is 0. The number of aromatic carboxylic acids is 1. The van der Waals surface area contributed by atoms with Gasteiger partial charge in [0.25, 0.3) is 0 Å². The first-order valence-electron chi connectivity index (χ1n) is 7.34. The molecule has 0 radical (unpaired) electrons. The Balaban J connectivity index is 2.17. The Hall–Kier alpha value is -1.88. The van der Waals surface area contributed by atoms with Gasteiger partial charge in [0.05, 0.1) is 11.0 Å². The first kappa shape index (κ1) is 15.5. The van der Waals surface area contributed by atoms with Crippen LogP contribution in [0.25, 0.3) is 0 Å². The minimum atomic E-state index is -0.960. The molecule has 1 heterocycles. The van der Waals surface area contributed by atoms with Gasteiger partial charge in [-0.2, -0.15) is 0 Å². The maximum Gasteiger partial charge on any atom is 0.335 e. The van der Waals surface area contributed by atoms with E-state index < -0.39 is 5.97 Å². The number of nitrogens with one attached hydrogen (secondary N) is 2. The smallest absolute Gasteiger partial charge is 0.335 e. The highest BCUT2D eigenvalue weighted by Gasteiger charge is 2.40. The number of anilines is 1. The van der Waals surface area contributed by atoms with Crippen LogP contribution in [0.5, 0.6) is 0 Å². The summed E-state index contributed by atoms with van der Waals surface area (Å²) in [4.78, 5) is 23.6. The zero-order chi connectivity index (χ0) is 15.5. The molecule has 3 N–H and O–H groups in total. The van der Waals surface area contributed by atoms with Crippen LogP contribution in [0.1, 0.15) is 42.1 Å². The lowest BCUT2D eigenvalue weighted by Crippen LogP contribution is -2.38. The number of aryl methyl sites for hydroxylation is 1. The van der Waals surface area contributed by atoms with Crippen molar-refractivity contribution < 1.29 is 14.7 Å². The lowest BCUT2D eigenvalue weighted by Gasteiger charge is -2.26. The van der Waals surface area contributed by atoms with E-state index in [0.717, 1.165) is 31.4 Å². The van der Waals surface area contributed by atoms with Gasteiger partial charge in [-0.15, -0.1) is 0 Å². The highest BCUT2D eigenvalue weighted by atomic mass is 16.4. The van der Waals surface area contributed by atoms with E-state index in [4.69, 9.17) is 5.11 Å². The van der Waals surface area contributed by atoms with Crippen molar-refractivity contribution in [1.29, 1.82) is 0 Å². The number of amides is 1. The number of hydrogen-bond acceptors (Lipinski definition) is 3. The third-order valence-corrected chi connectivity index (χ3v) is 4.18. The van der Waals surface area contributed by atoms with Crippen LogP contribution in [0, 0.1) is 12.3 Å². The van der Waals surface area contributed by atoms with E-state index >= 15 is 0 Å². The van der Waals surface area contributed by atoms with Gasteiger partial charge in [-0.3, -0.25) is 4.79 Å². The molecule has 2 rings (SSSR count). The summed E-state index contributed by atoms with van der Waals surface area (Å²) < 4.78 is 0. The number of carboxylic acids is 1. The molecule has 1 aromatic rings. The lowest BCUT2D eigenvalue weighted by molar-refractivity contribution is -0.125. The molecule has 5 nitrogen and oxygen atoms in total. The Morgan fingerprint density at radius 2 is 2.19 bits per heavy atom. The zero-order valence-corrected chi connectivity index (χ0v) is 12.5. The number of benzene rings is 1. The molecule has 21 heavy (non-hydrogen) atoms. The molecule has 114 valence electrons. The Morgan fingerprint density at radius 3 is 2.71 bits per heavy atom. The average Bonchev–Trinajstić information content (AvgIpc) is 2.91. The quantitative estimate of drug-likeness (QED) is 0.778. The first-order valence-corrected chi connectivity index (χ1v) is 7.34. The number of carbonyl (C=O) groups is 2. The van der Waals surface area contributed by atoms with E-state index in [9.17, 15) is 9.59 Å². The molecule has 1 aromatic carbocycles. The molecule has 1 fully saturated rings. The molecule has 1 unspecified atom stereocenters. The molecule has 0 aromatic heterocycles. The first-order chi connectivity index (χ1) is 9.98. The number of carbonyl (C=O) groups excluding carboxylic acids is 1. The van der Waals surface area contributed by atoms with Crippen LogP contribution in [0.3, 0.4) is 0 Å². The molecule has 1 amide bonds. The van der Waals surface area contributed by atoms with Crippen molar-refractivity contribution in [2.45, 2.75) is 33.1 Å². The van der Waals surface area contributed by atoms with Crippen molar-refractivity contribution in [2.24, 2.45) is 5.41 Å². The van der Waals surface area contributed by atoms with Crippen molar-refractivity contribution in [3.8, 4) is 0 Å². The zero-order valence-electron chi connectivity index (χ0n) is 12.5. The van der Waals surface area contributed by atoms with E-state index in [2.05, 4.69) is 17.6 Å². The monoisotopic (exact) mass is 290 g/mol. The van der Waals surface area contributed by atoms with E-state index in [0.29, 0.717) is 12.2 Å². The Bertz CT molecular complexity index is 548. The molecule has 0 bridgehead atoms. The van der Waals surface area contributed by atoms with Crippen LogP contribution in [0.4, 0.5) is 5.69 Å². The van der Waals surface area contributed by atoms with Gasteiger partial charge < -0.3 is 15.7 Å². The molecule has 1 saturated heterocycles. The second kappa shape index (κ2) is 6.26. The van der Waals surface area contributed by atoms with Gasteiger partial charge in [-0.1, -0.05) is 13.3 Å². The third kappa shape index (κ3) is 3.24. The predicted molar refractivity (Wildman–Crippen MR) is 81.6 cm³/mol. The molecule has 1 aliphatic rings. The van der Waals surface area contributed by atoms with Crippen molar-refractivity contribution in [2.75, 3.05) is 18.4 Å². The normalized spacial score (nSPS) is 21.2. The van der Waals surface area contributed by atoms with Crippen LogP contribution in [0.2, 0.25) is 0 Å². The SMILES string of the molecule is CCCC1(C(=O)Nc2ccc(C(=O)O)cc2C)CCNC1. The molecule has 0 spiro atoms. The number of rotatable bonds is 5. The fraction of sp³-hybridized carbons (Fsp3) is 0.500. The molecular weight excluding hydrogens is 268 g/mol. The Kier molecular flexibility index (Phi) is 4.63. The number of hydrogen-bond donors (Lipinski definition) is 3. The van der Waals surface area contributed by atoms with Gasteiger partial charge in [0.15, 0.2) is 0 Å². The molecule has 0 saturated carbocycles. The van der Waals surface area contributed by atoms with E-state index in [1.165, 1.54) is 6.07 Å². The van der Waals surface area contributed by atoms with Crippen molar-refractivity contribution in [3.05, 3.63) is 29.3 Å². The topological polar surface area (TPSA) is 78.4 Å². The van der Waals surface area contributed by atoms with E-state index in [-0.39, 0.29) is 16.9 Å². The maximum absolute atomic E-state index is 12.6. The van der Waals surface area contributed by atoms with Gasteiger partial charge in [0, 0.05) is 12.2 Å². The van der Waals surface area contributed by atoms with Crippen molar-refractivity contribution >= 4 is 17.6 Å². The lowest BCUT2D eigenvalue weighted by atomic mass is 9.81. The van der Waals surface area contributed by atoms with Gasteiger partial charge in [0.2, 0.25) is 5.91 Å². The predicted octanol–water partition coefficient (Wildman–Crippen LogP) is 2.41. The molecule has 5 heteroatoms. The van der Waals surface area contributed by atoms with Crippen LogP contribution >= 0.6 is 0 Å². The summed E-state index contributed by atoms with van der Waals surface area (Å²) >= 11 is 0. The van der Waals surface area contributed by atoms with Crippen LogP contribution in [-0.2, 0) is 4.79 Å². The Labute approximate surface area is 124 Å². The fourth-order valence-corrected chi connectivity index (χ4v) is 2.93. The van der Waals surface area contributed by atoms with Gasteiger partial charge in [-0.25, -0.2) is 4.79 Å². The van der Waals surface area contributed by atoms with Crippen LogP contribution < -0.4 is 10.6 Å².